The topological polar surface area (TPSA) is 32.4 Å². The highest BCUT2D eigenvalue weighted by molar-refractivity contribution is 5.85. The summed E-state index contributed by atoms with van der Waals surface area (Å²) in [6.07, 6.45) is 1.07. The molecule has 2 aromatic rings. The Morgan fingerprint density at radius 1 is 1.33 bits per heavy atom. The molecule has 98 valence electrons. The molecule has 1 aliphatic rings. The maximum absolute atomic E-state index is 13.2. The molecule has 0 unspecified atom stereocenters. The molecule has 0 aliphatic carbocycles. The molecule has 18 heavy (non-hydrogen) atoms. The first-order valence-electron chi connectivity index (χ1n) is 6.87. The molecule has 0 saturated carbocycles. The lowest BCUT2D eigenvalue weighted by Crippen LogP contribution is -2.85. The van der Waals surface area contributed by atoms with Crippen LogP contribution in [0.4, 0.5) is 4.39 Å². The molecule has 0 bridgehead atoms. The van der Waals surface area contributed by atoms with Crippen molar-refractivity contribution in [2.45, 2.75) is 33.1 Å². The van der Waals surface area contributed by atoms with E-state index >= 15 is 0 Å². The van der Waals surface area contributed by atoms with Crippen LogP contribution in [0.15, 0.2) is 18.2 Å². The first kappa shape index (κ1) is 13.1. The molecule has 3 N–H and O–H groups in total. The predicted octanol–water partition coefficient (Wildman–Crippen LogP) is 2.56. The van der Waals surface area contributed by atoms with Crippen molar-refractivity contribution >= 4 is 10.9 Å². The number of fused-ring (bicyclic) bond motifs is 3. The molecular weight excluding hydrogens is 227 g/mol. The number of H-pyrrole nitrogens is 1. The summed E-state index contributed by atoms with van der Waals surface area (Å²) in [5, 5.41) is 3.55. The number of aromatic amines is 1. The van der Waals surface area contributed by atoms with Crippen molar-refractivity contribution in [3.8, 4) is 0 Å². The number of nitrogens with two attached hydrogens (primary N) is 1. The zero-order chi connectivity index (χ0) is 13.1. The summed E-state index contributed by atoms with van der Waals surface area (Å²) in [6.45, 7) is 8.47. The average molecular weight is 249 g/mol. The largest absolute Gasteiger partial charge is 0.358 e. The van der Waals surface area contributed by atoms with E-state index in [9.17, 15) is 4.39 Å². The fourth-order valence-corrected chi connectivity index (χ4v) is 2.67. The van der Waals surface area contributed by atoms with E-state index < -0.39 is 0 Å². The lowest BCUT2D eigenvalue weighted by atomic mass is 10.0. The van der Waals surface area contributed by atoms with Crippen LogP contribution in [0.1, 0.15) is 37.9 Å². The minimum atomic E-state index is -0.164. The summed E-state index contributed by atoms with van der Waals surface area (Å²) in [7, 11) is 0. The second-order valence-electron chi connectivity index (χ2n) is 4.67. The highest BCUT2D eigenvalue weighted by Gasteiger charge is 2.21. The van der Waals surface area contributed by atoms with Crippen LogP contribution in [0.25, 0.3) is 10.9 Å². The third-order valence-corrected chi connectivity index (χ3v) is 3.51. The summed E-state index contributed by atoms with van der Waals surface area (Å²) < 4.78 is 13.2. The number of halogens is 1. The van der Waals surface area contributed by atoms with Gasteiger partial charge in [0, 0.05) is 28.9 Å². The monoisotopic (exact) mass is 249 g/mol. The van der Waals surface area contributed by atoms with Crippen LogP contribution in [0.2, 0.25) is 0 Å². The van der Waals surface area contributed by atoms with Gasteiger partial charge in [-0.2, -0.15) is 0 Å². The van der Waals surface area contributed by atoms with Gasteiger partial charge in [-0.3, -0.25) is 0 Å². The highest BCUT2D eigenvalue weighted by atomic mass is 19.1. The third kappa shape index (κ3) is 2.27. The maximum Gasteiger partial charge on any atom is 0.125 e. The zero-order valence-electron chi connectivity index (χ0n) is 11.4. The first-order valence-corrected chi connectivity index (χ1v) is 6.87. The molecule has 1 aromatic carbocycles. The molecule has 0 amide bonds. The lowest BCUT2D eigenvalue weighted by molar-refractivity contribution is -0.655. The number of aromatic nitrogens is 1. The minimum Gasteiger partial charge on any atom is -0.358 e. The molecule has 3 rings (SSSR count). The van der Waals surface area contributed by atoms with Gasteiger partial charge in [-0.25, -0.2) is 4.39 Å². The maximum atomic E-state index is 13.2. The van der Waals surface area contributed by atoms with Crippen molar-refractivity contribution in [2.24, 2.45) is 0 Å². The number of nitrogens with one attached hydrogen (secondary N) is 1. The zero-order valence-corrected chi connectivity index (χ0v) is 11.4. The van der Waals surface area contributed by atoms with Crippen molar-refractivity contribution < 1.29 is 9.71 Å². The Hall–Kier alpha value is -1.35. The number of rotatable bonds is 0. The van der Waals surface area contributed by atoms with Crippen LogP contribution >= 0.6 is 0 Å². The van der Waals surface area contributed by atoms with Crippen LogP contribution in [-0.2, 0) is 6.42 Å². The van der Waals surface area contributed by atoms with Crippen molar-refractivity contribution in [3.05, 3.63) is 35.3 Å². The molecule has 1 aromatic heterocycles. The number of benzene rings is 1. The molecule has 2 heterocycles. The summed E-state index contributed by atoms with van der Waals surface area (Å²) in [5.74, 6) is 0.357. The van der Waals surface area contributed by atoms with Crippen LogP contribution in [0, 0.1) is 5.82 Å². The van der Waals surface area contributed by atoms with E-state index in [2.05, 4.69) is 17.2 Å². The molecule has 1 atom stereocenters. The Labute approximate surface area is 108 Å². The average Bonchev–Trinajstić information content (AvgIpc) is 2.65. The standard InChI is InChI=1S/C13H15FN2.C2H6/c1-8-7-15-5-4-11-10-3-2-9(14)6-12(10)16-13(8)11;1-2/h2-3,6,8,15-16H,4-5,7H2,1H3;1-2H3/p+1/t8-;/m0./s1. The number of hydrogen-bond donors (Lipinski definition) is 2. The number of hydrogen-bond acceptors (Lipinski definition) is 0. The number of quaternary nitrogens is 1. The fourth-order valence-electron chi connectivity index (χ4n) is 2.67. The highest BCUT2D eigenvalue weighted by Crippen LogP contribution is 2.28. The van der Waals surface area contributed by atoms with E-state index in [1.807, 2.05) is 19.9 Å². The molecule has 0 radical (unpaired) electrons. The van der Waals surface area contributed by atoms with Crippen molar-refractivity contribution in [3.63, 3.8) is 0 Å². The van der Waals surface area contributed by atoms with Gasteiger partial charge in [-0.1, -0.05) is 20.8 Å². The Morgan fingerprint density at radius 3 is 2.89 bits per heavy atom. The molecule has 1 aliphatic heterocycles. The van der Waals surface area contributed by atoms with Crippen molar-refractivity contribution in [1.82, 2.24) is 4.98 Å². The Kier molecular flexibility index (Phi) is 4.02. The Balaban J connectivity index is 0.000000574. The van der Waals surface area contributed by atoms with Crippen LogP contribution in [-0.4, -0.2) is 18.1 Å². The minimum absolute atomic E-state index is 0.164. The Bertz CT molecular complexity index is 531. The van der Waals surface area contributed by atoms with E-state index in [4.69, 9.17) is 0 Å². The van der Waals surface area contributed by atoms with Gasteiger partial charge >= 0.3 is 0 Å². The smallest absolute Gasteiger partial charge is 0.125 e. The van der Waals surface area contributed by atoms with Gasteiger partial charge in [0.2, 0.25) is 0 Å². The third-order valence-electron chi connectivity index (χ3n) is 3.51. The molecule has 0 saturated heterocycles. The summed E-state index contributed by atoms with van der Waals surface area (Å²) in [5.41, 5.74) is 3.63. The molecule has 3 heteroatoms. The van der Waals surface area contributed by atoms with Gasteiger partial charge in [0.15, 0.2) is 0 Å². The van der Waals surface area contributed by atoms with Gasteiger partial charge in [0.05, 0.1) is 13.1 Å². The van der Waals surface area contributed by atoms with E-state index in [1.165, 1.54) is 16.6 Å². The van der Waals surface area contributed by atoms with Crippen molar-refractivity contribution in [2.75, 3.05) is 13.1 Å². The summed E-state index contributed by atoms with van der Waals surface area (Å²) in [6, 6.07) is 5.05. The van der Waals surface area contributed by atoms with Gasteiger partial charge in [0.1, 0.15) is 5.82 Å². The first-order chi connectivity index (χ1) is 8.75. The van der Waals surface area contributed by atoms with E-state index in [-0.39, 0.29) is 5.82 Å². The predicted molar refractivity (Wildman–Crippen MR) is 73.4 cm³/mol. The SMILES string of the molecule is CC.C[C@H]1C[NH2+]CCc2c1[nH]c1cc(F)ccc21. The van der Waals surface area contributed by atoms with E-state index in [1.54, 1.807) is 12.1 Å². The Morgan fingerprint density at radius 2 is 2.11 bits per heavy atom. The van der Waals surface area contributed by atoms with Crippen LogP contribution in [0.5, 0.6) is 0 Å². The molecular formula is C15H22FN2+. The van der Waals surface area contributed by atoms with E-state index in [0.29, 0.717) is 5.92 Å². The van der Waals surface area contributed by atoms with Crippen LogP contribution < -0.4 is 5.32 Å². The second kappa shape index (κ2) is 5.53. The summed E-state index contributed by atoms with van der Waals surface area (Å²) >= 11 is 0. The second-order valence-corrected chi connectivity index (χ2v) is 4.67. The van der Waals surface area contributed by atoms with Gasteiger partial charge in [0.25, 0.3) is 0 Å². The van der Waals surface area contributed by atoms with Gasteiger partial charge in [-0.15, -0.1) is 0 Å². The fraction of sp³-hybridized carbons (Fsp3) is 0.467. The molecule has 2 nitrogen and oxygen atoms in total. The van der Waals surface area contributed by atoms with E-state index in [0.717, 1.165) is 25.0 Å². The van der Waals surface area contributed by atoms with Crippen molar-refractivity contribution in [1.29, 1.82) is 0 Å². The summed E-state index contributed by atoms with van der Waals surface area (Å²) in [4.78, 5) is 3.39. The van der Waals surface area contributed by atoms with Gasteiger partial charge in [-0.05, 0) is 23.8 Å². The van der Waals surface area contributed by atoms with Gasteiger partial charge < -0.3 is 10.3 Å². The van der Waals surface area contributed by atoms with Crippen LogP contribution in [0.3, 0.4) is 0 Å². The molecule has 0 fully saturated rings. The quantitative estimate of drug-likeness (QED) is 0.719. The lowest BCUT2D eigenvalue weighted by Gasteiger charge is -2.04. The molecule has 0 spiro atoms. The normalized spacial score (nSPS) is 18.8.